The Morgan fingerprint density at radius 2 is 2.13 bits per heavy atom. The molecule has 0 aliphatic heterocycles. The van der Waals surface area contributed by atoms with Crippen LogP contribution >= 0.6 is 15.9 Å². The number of esters is 1. The maximum absolute atomic E-state index is 11.6. The Morgan fingerprint density at radius 1 is 1.47 bits per heavy atom. The van der Waals surface area contributed by atoms with Crippen molar-refractivity contribution in [2.24, 2.45) is 0 Å². The van der Waals surface area contributed by atoms with Gasteiger partial charge in [0.15, 0.2) is 0 Å². The van der Waals surface area contributed by atoms with Crippen molar-refractivity contribution in [3.8, 4) is 0 Å². The number of aryl methyl sites for hydroxylation is 1. The van der Waals surface area contributed by atoms with Crippen molar-refractivity contribution in [1.29, 1.82) is 0 Å². The van der Waals surface area contributed by atoms with Gasteiger partial charge in [-0.3, -0.25) is 4.79 Å². The minimum absolute atomic E-state index is 0.217. The fraction of sp³-hybridized carbons (Fsp3) is 0.417. The molecular formula is C12H15BrO2. The molecule has 0 heterocycles. The molecule has 0 aliphatic rings. The molecule has 1 atom stereocenters. The number of carbonyl (C=O) groups is 1. The van der Waals surface area contributed by atoms with E-state index in [0.29, 0.717) is 6.61 Å². The summed E-state index contributed by atoms with van der Waals surface area (Å²) in [6.45, 7) is 4.44. The molecule has 0 saturated carbocycles. The first-order valence-electron chi connectivity index (χ1n) is 5.03. The van der Waals surface area contributed by atoms with Gasteiger partial charge in [0, 0.05) is 0 Å². The Labute approximate surface area is 98.8 Å². The Hall–Kier alpha value is -0.830. The fourth-order valence-corrected chi connectivity index (χ4v) is 1.92. The van der Waals surface area contributed by atoms with E-state index in [9.17, 15) is 4.79 Å². The van der Waals surface area contributed by atoms with Crippen LogP contribution in [0, 0.1) is 6.92 Å². The van der Waals surface area contributed by atoms with Crippen molar-refractivity contribution in [3.05, 3.63) is 35.4 Å². The fourth-order valence-electron chi connectivity index (χ4n) is 1.27. The molecule has 0 unspecified atom stereocenters. The molecule has 0 radical (unpaired) electrons. The van der Waals surface area contributed by atoms with Crippen molar-refractivity contribution in [2.75, 3.05) is 6.61 Å². The molecule has 82 valence electrons. The molecule has 1 aromatic rings. The lowest BCUT2D eigenvalue weighted by Crippen LogP contribution is -2.12. The molecule has 15 heavy (non-hydrogen) atoms. The molecule has 1 rings (SSSR count). The zero-order valence-electron chi connectivity index (χ0n) is 9.00. The van der Waals surface area contributed by atoms with Crippen LogP contribution in [0.15, 0.2) is 24.3 Å². The van der Waals surface area contributed by atoms with E-state index in [1.807, 2.05) is 38.1 Å². The number of hydrogen-bond donors (Lipinski definition) is 0. The molecule has 0 fully saturated rings. The van der Waals surface area contributed by atoms with E-state index in [1.165, 1.54) is 0 Å². The van der Waals surface area contributed by atoms with E-state index >= 15 is 0 Å². The van der Waals surface area contributed by atoms with Gasteiger partial charge in [-0.1, -0.05) is 47.1 Å². The Bertz CT molecular complexity index is 336. The highest BCUT2D eigenvalue weighted by atomic mass is 79.9. The lowest BCUT2D eigenvalue weighted by Gasteiger charge is -2.11. The molecule has 0 saturated heterocycles. The smallest absolute Gasteiger partial charge is 0.324 e. The van der Waals surface area contributed by atoms with Crippen LogP contribution < -0.4 is 0 Å². The molecule has 0 aromatic heterocycles. The highest BCUT2D eigenvalue weighted by molar-refractivity contribution is 9.09. The van der Waals surface area contributed by atoms with Gasteiger partial charge >= 0.3 is 5.97 Å². The van der Waals surface area contributed by atoms with Gasteiger partial charge in [0.2, 0.25) is 0 Å². The van der Waals surface area contributed by atoms with Gasteiger partial charge in [0.05, 0.1) is 6.61 Å². The van der Waals surface area contributed by atoms with E-state index in [2.05, 4.69) is 15.9 Å². The monoisotopic (exact) mass is 270 g/mol. The summed E-state index contributed by atoms with van der Waals surface area (Å²) in [6, 6.07) is 7.79. The van der Waals surface area contributed by atoms with Crippen molar-refractivity contribution in [1.82, 2.24) is 0 Å². The first-order valence-corrected chi connectivity index (χ1v) is 5.94. The summed E-state index contributed by atoms with van der Waals surface area (Å²) >= 11 is 3.36. The number of rotatable bonds is 4. The third kappa shape index (κ3) is 3.34. The van der Waals surface area contributed by atoms with E-state index in [-0.39, 0.29) is 10.8 Å². The molecule has 2 nitrogen and oxygen atoms in total. The third-order valence-electron chi connectivity index (χ3n) is 2.12. The van der Waals surface area contributed by atoms with E-state index in [4.69, 9.17) is 4.74 Å². The third-order valence-corrected chi connectivity index (χ3v) is 2.98. The maximum atomic E-state index is 11.6. The summed E-state index contributed by atoms with van der Waals surface area (Å²) < 4.78 is 5.08. The van der Waals surface area contributed by atoms with Crippen LogP contribution in [-0.2, 0) is 9.53 Å². The normalized spacial score (nSPS) is 12.2. The largest absolute Gasteiger partial charge is 0.465 e. The van der Waals surface area contributed by atoms with E-state index in [0.717, 1.165) is 17.5 Å². The van der Waals surface area contributed by atoms with Gasteiger partial charge in [-0.05, 0) is 24.5 Å². The molecule has 1 aromatic carbocycles. The molecule has 0 aliphatic carbocycles. The van der Waals surface area contributed by atoms with Gasteiger partial charge in [-0.15, -0.1) is 0 Å². The average molecular weight is 271 g/mol. The summed E-state index contributed by atoms with van der Waals surface area (Å²) in [4.78, 5) is 11.2. The predicted octanol–water partition coefficient (Wildman–Crippen LogP) is 3.38. The Morgan fingerprint density at radius 3 is 2.73 bits per heavy atom. The lowest BCUT2D eigenvalue weighted by molar-refractivity contribution is -0.142. The van der Waals surface area contributed by atoms with Crippen molar-refractivity contribution in [2.45, 2.75) is 25.1 Å². The molecule has 0 spiro atoms. The topological polar surface area (TPSA) is 26.3 Å². The van der Waals surface area contributed by atoms with Gasteiger partial charge in [-0.25, -0.2) is 0 Å². The maximum Gasteiger partial charge on any atom is 0.324 e. The van der Waals surface area contributed by atoms with Gasteiger partial charge in [0.25, 0.3) is 0 Å². The van der Waals surface area contributed by atoms with Crippen LogP contribution in [0.2, 0.25) is 0 Å². The highest BCUT2D eigenvalue weighted by Crippen LogP contribution is 2.26. The summed E-state index contributed by atoms with van der Waals surface area (Å²) in [6.07, 6.45) is 0.846. The molecule has 0 N–H and O–H groups in total. The van der Waals surface area contributed by atoms with E-state index in [1.54, 1.807) is 0 Å². The molecular weight excluding hydrogens is 256 g/mol. The minimum atomic E-state index is -0.356. The van der Waals surface area contributed by atoms with E-state index < -0.39 is 0 Å². The number of carbonyl (C=O) groups excluding carboxylic acids is 1. The first kappa shape index (κ1) is 12.2. The molecule has 0 amide bonds. The van der Waals surface area contributed by atoms with Crippen LogP contribution in [0.3, 0.4) is 0 Å². The van der Waals surface area contributed by atoms with Gasteiger partial charge in [-0.2, -0.15) is 0 Å². The second-order valence-electron chi connectivity index (χ2n) is 3.39. The standard InChI is InChI=1S/C12H15BrO2/c1-3-8-15-12(14)11(13)10-7-5-4-6-9(10)2/h4-7,11H,3,8H2,1-2H3/t11-/m0/s1. The molecule has 0 bridgehead atoms. The minimum Gasteiger partial charge on any atom is -0.465 e. The number of ether oxygens (including phenoxy) is 1. The SMILES string of the molecule is CCCOC(=O)[C@@H](Br)c1ccccc1C. The quantitative estimate of drug-likeness (QED) is 0.619. The van der Waals surface area contributed by atoms with Crippen molar-refractivity contribution < 1.29 is 9.53 Å². The van der Waals surface area contributed by atoms with Crippen LogP contribution in [0.1, 0.15) is 29.3 Å². The summed E-state index contributed by atoms with van der Waals surface area (Å²) in [5.41, 5.74) is 2.06. The Kier molecular flexibility index (Phi) is 4.82. The number of alkyl halides is 1. The van der Waals surface area contributed by atoms with Crippen LogP contribution in [0.25, 0.3) is 0 Å². The zero-order valence-corrected chi connectivity index (χ0v) is 10.6. The summed E-state index contributed by atoms with van der Waals surface area (Å²) in [5.74, 6) is -0.217. The number of benzene rings is 1. The van der Waals surface area contributed by atoms with Gasteiger partial charge < -0.3 is 4.74 Å². The first-order chi connectivity index (χ1) is 7.16. The number of halogens is 1. The van der Waals surface area contributed by atoms with Crippen molar-refractivity contribution in [3.63, 3.8) is 0 Å². The predicted molar refractivity (Wildman–Crippen MR) is 64.1 cm³/mol. The Balaban J connectivity index is 2.72. The van der Waals surface area contributed by atoms with Gasteiger partial charge in [0.1, 0.15) is 4.83 Å². The van der Waals surface area contributed by atoms with Crippen LogP contribution in [0.4, 0.5) is 0 Å². The molecule has 3 heteroatoms. The summed E-state index contributed by atoms with van der Waals surface area (Å²) in [5, 5.41) is 0. The number of hydrogen-bond acceptors (Lipinski definition) is 2. The van der Waals surface area contributed by atoms with Crippen LogP contribution in [-0.4, -0.2) is 12.6 Å². The lowest BCUT2D eigenvalue weighted by atomic mass is 10.1. The second kappa shape index (κ2) is 5.91. The van der Waals surface area contributed by atoms with Crippen molar-refractivity contribution >= 4 is 21.9 Å². The average Bonchev–Trinajstić information content (AvgIpc) is 2.25. The zero-order chi connectivity index (χ0) is 11.3. The highest BCUT2D eigenvalue weighted by Gasteiger charge is 2.19. The van der Waals surface area contributed by atoms with Crippen LogP contribution in [0.5, 0.6) is 0 Å². The second-order valence-corrected chi connectivity index (χ2v) is 4.30. The summed E-state index contributed by atoms with van der Waals surface area (Å²) in [7, 11) is 0.